The zero-order valence-corrected chi connectivity index (χ0v) is 11.3. The van der Waals surface area contributed by atoms with E-state index in [1.165, 1.54) is 0 Å². The third kappa shape index (κ3) is 2.84. The van der Waals surface area contributed by atoms with Gasteiger partial charge in [-0.3, -0.25) is 4.79 Å². The van der Waals surface area contributed by atoms with Crippen LogP contribution in [0.15, 0.2) is 22.9 Å². The Hall–Kier alpha value is -0.940. The van der Waals surface area contributed by atoms with Gasteiger partial charge in [0.1, 0.15) is 4.60 Å². The molecule has 1 aliphatic rings. The number of aromatic nitrogens is 1. The topological polar surface area (TPSA) is 42.4 Å². The van der Waals surface area contributed by atoms with Crippen molar-refractivity contribution in [1.82, 2.24) is 9.88 Å². The number of likely N-dealkylation sites (tertiary alicyclic amines) is 1. The summed E-state index contributed by atoms with van der Waals surface area (Å²) in [6.45, 7) is 1.50. The predicted octanol–water partition coefficient (Wildman–Crippen LogP) is 2.10. The van der Waals surface area contributed by atoms with E-state index in [-0.39, 0.29) is 12.0 Å². The van der Waals surface area contributed by atoms with Crippen LogP contribution in [0.25, 0.3) is 0 Å². The molecule has 92 valence electrons. The minimum Gasteiger partial charge on any atom is -0.381 e. The Morgan fingerprint density at radius 2 is 2.24 bits per heavy atom. The summed E-state index contributed by atoms with van der Waals surface area (Å²) in [4.78, 5) is 18.2. The number of rotatable bonds is 2. The number of hydrogen-bond donors (Lipinski definition) is 0. The van der Waals surface area contributed by atoms with E-state index < -0.39 is 0 Å². The van der Waals surface area contributed by atoms with Crippen molar-refractivity contribution >= 4 is 21.8 Å². The van der Waals surface area contributed by atoms with E-state index in [1.54, 1.807) is 25.4 Å². The summed E-state index contributed by atoms with van der Waals surface area (Å²) < 4.78 is 5.90. The Kier molecular flexibility index (Phi) is 4.12. The molecule has 1 saturated heterocycles. The summed E-state index contributed by atoms with van der Waals surface area (Å²) in [5, 5.41) is 0. The maximum atomic E-state index is 12.2. The number of ether oxygens (including phenoxy) is 1. The van der Waals surface area contributed by atoms with Gasteiger partial charge in [-0.15, -0.1) is 0 Å². The molecular formula is C12H15BrN2O2. The fourth-order valence-corrected chi connectivity index (χ4v) is 2.43. The third-order valence-corrected chi connectivity index (χ3v) is 3.68. The van der Waals surface area contributed by atoms with E-state index in [1.807, 2.05) is 4.90 Å². The average molecular weight is 299 g/mol. The van der Waals surface area contributed by atoms with Crippen LogP contribution in [-0.2, 0) is 4.74 Å². The molecule has 0 radical (unpaired) electrons. The Bertz CT molecular complexity index is 403. The molecular weight excluding hydrogens is 284 g/mol. The summed E-state index contributed by atoms with van der Waals surface area (Å²) in [5.74, 6) is 0.0412. The molecule has 5 heteroatoms. The highest BCUT2D eigenvalue weighted by atomic mass is 79.9. The van der Waals surface area contributed by atoms with Crippen LogP contribution in [0.1, 0.15) is 23.2 Å². The number of carbonyl (C=O) groups excluding carboxylic acids is 1. The Labute approximate surface area is 109 Å². The van der Waals surface area contributed by atoms with Crippen molar-refractivity contribution in [3.63, 3.8) is 0 Å². The second kappa shape index (κ2) is 5.60. The quantitative estimate of drug-likeness (QED) is 0.785. The second-order valence-electron chi connectivity index (χ2n) is 4.07. The SMILES string of the molecule is COC1CCN(C(=O)c2cccnc2Br)CC1. The lowest BCUT2D eigenvalue weighted by Crippen LogP contribution is -2.40. The lowest BCUT2D eigenvalue weighted by Gasteiger charge is -2.31. The van der Waals surface area contributed by atoms with Gasteiger partial charge in [0.15, 0.2) is 0 Å². The van der Waals surface area contributed by atoms with E-state index in [0.717, 1.165) is 25.9 Å². The Morgan fingerprint density at radius 1 is 1.53 bits per heavy atom. The zero-order chi connectivity index (χ0) is 12.3. The van der Waals surface area contributed by atoms with Gasteiger partial charge in [-0.05, 0) is 40.9 Å². The molecule has 4 nitrogen and oxygen atoms in total. The zero-order valence-electron chi connectivity index (χ0n) is 9.73. The van der Waals surface area contributed by atoms with Crippen LogP contribution in [0.5, 0.6) is 0 Å². The fraction of sp³-hybridized carbons (Fsp3) is 0.500. The monoisotopic (exact) mass is 298 g/mol. The van der Waals surface area contributed by atoms with Crippen LogP contribution < -0.4 is 0 Å². The number of nitrogens with zero attached hydrogens (tertiary/aromatic N) is 2. The smallest absolute Gasteiger partial charge is 0.256 e. The molecule has 0 N–H and O–H groups in total. The molecule has 0 unspecified atom stereocenters. The highest BCUT2D eigenvalue weighted by molar-refractivity contribution is 9.10. The summed E-state index contributed by atoms with van der Waals surface area (Å²) >= 11 is 3.31. The largest absolute Gasteiger partial charge is 0.381 e. The van der Waals surface area contributed by atoms with Gasteiger partial charge >= 0.3 is 0 Å². The van der Waals surface area contributed by atoms with E-state index in [4.69, 9.17) is 4.74 Å². The van der Waals surface area contributed by atoms with E-state index in [0.29, 0.717) is 10.2 Å². The number of hydrogen-bond acceptors (Lipinski definition) is 3. The van der Waals surface area contributed by atoms with Gasteiger partial charge in [-0.25, -0.2) is 4.98 Å². The van der Waals surface area contributed by atoms with Crippen molar-refractivity contribution < 1.29 is 9.53 Å². The molecule has 2 rings (SSSR count). The minimum absolute atomic E-state index is 0.0412. The first-order valence-electron chi connectivity index (χ1n) is 5.65. The molecule has 1 fully saturated rings. The van der Waals surface area contributed by atoms with Crippen molar-refractivity contribution in [2.75, 3.05) is 20.2 Å². The standard InChI is InChI=1S/C12H15BrN2O2/c1-17-9-4-7-15(8-5-9)12(16)10-3-2-6-14-11(10)13/h2-3,6,9H,4-5,7-8H2,1H3. The van der Waals surface area contributed by atoms with E-state index >= 15 is 0 Å². The third-order valence-electron chi connectivity index (χ3n) is 3.05. The number of amides is 1. The predicted molar refractivity (Wildman–Crippen MR) is 67.9 cm³/mol. The van der Waals surface area contributed by atoms with Gasteiger partial charge in [-0.1, -0.05) is 0 Å². The molecule has 0 spiro atoms. The Morgan fingerprint density at radius 3 is 2.82 bits per heavy atom. The average Bonchev–Trinajstić information content (AvgIpc) is 2.39. The molecule has 0 aliphatic carbocycles. The number of pyridine rings is 1. The van der Waals surface area contributed by atoms with Crippen molar-refractivity contribution in [3.05, 3.63) is 28.5 Å². The van der Waals surface area contributed by atoms with Crippen molar-refractivity contribution in [2.24, 2.45) is 0 Å². The van der Waals surface area contributed by atoms with Gasteiger partial charge in [-0.2, -0.15) is 0 Å². The summed E-state index contributed by atoms with van der Waals surface area (Å²) in [5.41, 5.74) is 0.628. The number of carbonyl (C=O) groups is 1. The molecule has 1 aromatic rings. The number of piperidine rings is 1. The molecule has 1 aromatic heterocycles. The molecule has 0 atom stereocenters. The van der Waals surface area contributed by atoms with Crippen LogP contribution in [0, 0.1) is 0 Å². The number of methoxy groups -OCH3 is 1. The van der Waals surface area contributed by atoms with Crippen LogP contribution >= 0.6 is 15.9 Å². The molecule has 0 saturated carbocycles. The van der Waals surface area contributed by atoms with Gasteiger partial charge in [0.2, 0.25) is 0 Å². The number of halogens is 1. The molecule has 0 bridgehead atoms. The normalized spacial score (nSPS) is 17.2. The highest BCUT2D eigenvalue weighted by Gasteiger charge is 2.24. The molecule has 0 aromatic carbocycles. The van der Waals surface area contributed by atoms with Gasteiger partial charge in [0, 0.05) is 26.4 Å². The molecule has 1 amide bonds. The molecule has 2 heterocycles. The highest BCUT2D eigenvalue weighted by Crippen LogP contribution is 2.19. The van der Waals surface area contributed by atoms with Crippen LogP contribution in [0.2, 0.25) is 0 Å². The second-order valence-corrected chi connectivity index (χ2v) is 4.82. The van der Waals surface area contributed by atoms with E-state index in [9.17, 15) is 4.79 Å². The van der Waals surface area contributed by atoms with Crippen LogP contribution in [0.3, 0.4) is 0 Å². The summed E-state index contributed by atoms with van der Waals surface area (Å²) in [6.07, 6.45) is 3.76. The van der Waals surface area contributed by atoms with Crippen molar-refractivity contribution in [3.8, 4) is 0 Å². The van der Waals surface area contributed by atoms with Gasteiger partial charge in [0.25, 0.3) is 5.91 Å². The maximum Gasteiger partial charge on any atom is 0.256 e. The van der Waals surface area contributed by atoms with E-state index in [2.05, 4.69) is 20.9 Å². The van der Waals surface area contributed by atoms with Crippen LogP contribution in [0.4, 0.5) is 0 Å². The first-order chi connectivity index (χ1) is 8.22. The minimum atomic E-state index is 0.0412. The van der Waals surface area contributed by atoms with Gasteiger partial charge < -0.3 is 9.64 Å². The van der Waals surface area contributed by atoms with Crippen molar-refractivity contribution in [1.29, 1.82) is 0 Å². The first-order valence-corrected chi connectivity index (χ1v) is 6.44. The lowest BCUT2D eigenvalue weighted by molar-refractivity contribution is 0.0350. The molecule has 17 heavy (non-hydrogen) atoms. The fourth-order valence-electron chi connectivity index (χ4n) is 2.01. The van der Waals surface area contributed by atoms with Gasteiger partial charge in [0.05, 0.1) is 11.7 Å². The maximum absolute atomic E-state index is 12.2. The summed E-state index contributed by atoms with van der Waals surface area (Å²) in [6, 6.07) is 3.57. The van der Waals surface area contributed by atoms with Crippen molar-refractivity contribution in [2.45, 2.75) is 18.9 Å². The molecule has 1 aliphatic heterocycles. The van der Waals surface area contributed by atoms with Crippen LogP contribution in [-0.4, -0.2) is 42.1 Å². The Balaban J connectivity index is 2.04. The summed E-state index contributed by atoms with van der Waals surface area (Å²) in [7, 11) is 1.72. The first kappa shape index (κ1) is 12.5. The lowest BCUT2D eigenvalue weighted by atomic mass is 10.1.